The molecule has 2 aromatic carbocycles. The number of aromatic amines is 1. The van der Waals surface area contributed by atoms with Crippen LogP contribution in [0.15, 0.2) is 48.5 Å². The number of halogens is 3. The first-order valence-electron chi connectivity index (χ1n) is 8.84. The number of rotatable bonds is 6. The fourth-order valence-electron chi connectivity index (χ4n) is 2.92. The second kappa shape index (κ2) is 7.92. The third-order valence-corrected chi connectivity index (χ3v) is 4.61. The molecule has 1 aromatic heterocycles. The minimum absolute atomic E-state index is 0.105. The van der Waals surface area contributed by atoms with Crippen molar-refractivity contribution in [2.75, 3.05) is 18.9 Å². The number of imidazole rings is 1. The molecule has 3 rings (SSSR count). The molecule has 0 aliphatic heterocycles. The number of alkyl halides is 3. The van der Waals surface area contributed by atoms with Gasteiger partial charge in [-0.1, -0.05) is 24.3 Å². The summed E-state index contributed by atoms with van der Waals surface area (Å²) in [5.41, 5.74) is 1.36. The van der Waals surface area contributed by atoms with Crippen molar-refractivity contribution in [3.63, 3.8) is 0 Å². The van der Waals surface area contributed by atoms with Gasteiger partial charge in [-0.2, -0.15) is 13.2 Å². The van der Waals surface area contributed by atoms with Crippen LogP contribution >= 0.6 is 0 Å². The molecule has 148 valence electrons. The summed E-state index contributed by atoms with van der Waals surface area (Å²) >= 11 is 0. The van der Waals surface area contributed by atoms with Crippen molar-refractivity contribution < 1.29 is 18.0 Å². The molecule has 1 amide bonds. The highest BCUT2D eigenvalue weighted by Crippen LogP contribution is 2.32. The Labute approximate surface area is 160 Å². The van der Waals surface area contributed by atoms with E-state index in [-0.39, 0.29) is 5.91 Å². The molecule has 1 atom stereocenters. The summed E-state index contributed by atoms with van der Waals surface area (Å²) < 4.78 is 39.4. The van der Waals surface area contributed by atoms with Gasteiger partial charge in [0.05, 0.1) is 22.6 Å². The lowest BCUT2D eigenvalue weighted by atomic mass is 10.0. The number of carbonyl (C=O) groups excluding carboxylic acids is 1. The van der Waals surface area contributed by atoms with Crippen molar-refractivity contribution in [3.05, 3.63) is 59.7 Å². The van der Waals surface area contributed by atoms with E-state index in [1.54, 1.807) is 13.1 Å². The monoisotopic (exact) mass is 390 g/mol. The largest absolute Gasteiger partial charge is 0.416 e. The van der Waals surface area contributed by atoms with Crippen LogP contribution in [0, 0.1) is 0 Å². The Hall–Kier alpha value is -3.03. The van der Waals surface area contributed by atoms with E-state index < -0.39 is 17.8 Å². The molecule has 3 aromatic rings. The first-order valence-corrected chi connectivity index (χ1v) is 8.84. The SMILES string of the molecule is CC(=O)N(C)CCC(Nc1nc2ccccc2[nH]1)c1cccc(C(F)(F)F)c1. The molecule has 28 heavy (non-hydrogen) atoms. The maximum Gasteiger partial charge on any atom is 0.416 e. The number of H-pyrrole nitrogens is 1. The predicted molar refractivity (Wildman–Crippen MR) is 102 cm³/mol. The van der Waals surface area contributed by atoms with Gasteiger partial charge in [0.2, 0.25) is 11.9 Å². The van der Waals surface area contributed by atoms with Crippen LogP contribution < -0.4 is 5.32 Å². The Bertz CT molecular complexity index is 934. The quantitative estimate of drug-likeness (QED) is 0.647. The smallest absolute Gasteiger partial charge is 0.349 e. The fraction of sp³-hybridized carbons (Fsp3) is 0.300. The molecule has 0 spiro atoms. The number of amides is 1. The highest BCUT2D eigenvalue weighted by molar-refractivity contribution is 5.77. The molecule has 5 nitrogen and oxygen atoms in total. The number of anilines is 1. The Kier molecular flexibility index (Phi) is 5.58. The summed E-state index contributed by atoms with van der Waals surface area (Å²) in [7, 11) is 1.66. The topological polar surface area (TPSA) is 61.0 Å². The summed E-state index contributed by atoms with van der Waals surface area (Å²) in [5, 5.41) is 3.19. The summed E-state index contributed by atoms with van der Waals surface area (Å²) in [4.78, 5) is 20.6. The van der Waals surface area contributed by atoms with Crippen molar-refractivity contribution in [2.45, 2.75) is 25.6 Å². The van der Waals surface area contributed by atoms with E-state index >= 15 is 0 Å². The minimum Gasteiger partial charge on any atom is -0.349 e. The van der Waals surface area contributed by atoms with E-state index in [4.69, 9.17) is 0 Å². The number of para-hydroxylation sites is 2. The first-order chi connectivity index (χ1) is 13.2. The zero-order valence-corrected chi connectivity index (χ0v) is 15.5. The Balaban J connectivity index is 1.89. The molecule has 1 heterocycles. The summed E-state index contributed by atoms with van der Waals surface area (Å²) in [5.74, 6) is 0.362. The van der Waals surface area contributed by atoms with Gasteiger partial charge in [0.25, 0.3) is 0 Å². The normalized spacial score (nSPS) is 12.8. The first kappa shape index (κ1) is 19.7. The van der Waals surface area contributed by atoms with Crippen molar-refractivity contribution in [1.82, 2.24) is 14.9 Å². The van der Waals surface area contributed by atoms with Gasteiger partial charge >= 0.3 is 6.18 Å². The third kappa shape index (κ3) is 4.62. The van der Waals surface area contributed by atoms with Crippen molar-refractivity contribution in [2.24, 2.45) is 0 Å². The number of fused-ring (bicyclic) bond motifs is 1. The van der Waals surface area contributed by atoms with E-state index in [2.05, 4.69) is 15.3 Å². The van der Waals surface area contributed by atoms with E-state index in [0.717, 1.165) is 23.2 Å². The molecule has 2 N–H and O–H groups in total. The molecule has 0 saturated carbocycles. The molecule has 0 bridgehead atoms. The van der Waals surface area contributed by atoms with Crippen LogP contribution in [0.4, 0.5) is 19.1 Å². The minimum atomic E-state index is -4.42. The van der Waals surface area contributed by atoms with Crippen molar-refractivity contribution in [1.29, 1.82) is 0 Å². The number of aromatic nitrogens is 2. The van der Waals surface area contributed by atoms with Gasteiger partial charge in [-0.3, -0.25) is 4.79 Å². The zero-order chi connectivity index (χ0) is 20.3. The van der Waals surface area contributed by atoms with E-state index in [0.29, 0.717) is 24.5 Å². The Morgan fingerprint density at radius 1 is 1.21 bits per heavy atom. The Morgan fingerprint density at radius 2 is 1.96 bits per heavy atom. The predicted octanol–water partition coefficient (Wildman–Crippen LogP) is 4.60. The number of carbonyl (C=O) groups is 1. The summed E-state index contributed by atoms with van der Waals surface area (Å²) in [6.45, 7) is 1.84. The standard InChI is InChI=1S/C20H21F3N4O/c1-13(28)27(2)11-10-16(14-6-5-7-15(12-14)20(21,22)23)24-19-25-17-8-3-4-9-18(17)26-19/h3-9,12,16H,10-11H2,1-2H3,(H2,24,25,26). The van der Waals surface area contributed by atoms with Gasteiger partial charge < -0.3 is 15.2 Å². The fourth-order valence-corrected chi connectivity index (χ4v) is 2.92. The molecule has 0 fully saturated rings. The van der Waals surface area contributed by atoms with Gasteiger partial charge in [-0.25, -0.2) is 4.98 Å². The third-order valence-electron chi connectivity index (χ3n) is 4.61. The van der Waals surface area contributed by atoms with E-state index in [1.807, 2.05) is 24.3 Å². The second-order valence-electron chi connectivity index (χ2n) is 6.65. The van der Waals surface area contributed by atoms with E-state index in [9.17, 15) is 18.0 Å². The lowest BCUT2D eigenvalue weighted by Crippen LogP contribution is -2.27. The Morgan fingerprint density at radius 3 is 2.64 bits per heavy atom. The van der Waals surface area contributed by atoms with Crippen LogP contribution in [-0.4, -0.2) is 34.4 Å². The number of nitrogens with zero attached hydrogens (tertiary/aromatic N) is 2. The lowest BCUT2D eigenvalue weighted by molar-refractivity contribution is -0.137. The lowest BCUT2D eigenvalue weighted by Gasteiger charge is -2.23. The highest BCUT2D eigenvalue weighted by Gasteiger charge is 2.31. The van der Waals surface area contributed by atoms with Gasteiger partial charge in [-0.05, 0) is 36.2 Å². The molecular weight excluding hydrogens is 369 g/mol. The average molecular weight is 390 g/mol. The van der Waals surface area contributed by atoms with Gasteiger partial charge in [0, 0.05) is 20.5 Å². The van der Waals surface area contributed by atoms with Crippen molar-refractivity contribution >= 4 is 22.9 Å². The molecule has 0 aliphatic carbocycles. The van der Waals surface area contributed by atoms with Gasteiger partial charge in [-0.15, -0.1) is 0 Å². The van der Waals surface area contributed by atoms with Gasteiger partial charge in [0.15, 0.2) is 0 Å². The van der Waals surface area contributed by atoms with Crippen LogP contribution in [0.3, 0.4) is 0 Å². The number of hydrogen-bond donors (Lipinski definition) is 2. The van der Waals surface area contributed by atoms with Crippen LogP contribution in [0.1, 0.15) is 30.5 Å². The second-order valence-corrected chi connectivity index (χ2v) is 6.65. The van der Waals surface area contributed by atoms with Crippen LogP contribution in [-0.2, 0) is 11.0 Å². The number of hydrogen-bond acceptors (Lipinski definition) is 3. The van der Waals surface area contributed by atoms with Crippen molar-refractivity contribution in [3.8, 4) is 0 Å². The summed E-state index contributed by atoms with van der Waals surface area (Å²) in [6, 6.07) is 12.2. The molecule has 0 radical (unpaired) electrons. The van der Waals surface area contributed by atoms with Gasteiger partial charge in [0.1, 0.15) is 0 Å². The number of nitrogens with one attached hydrogen (secondary N) is 2. The molecule has 0 saturated heterocycles. The molecular formula is C20H21F3N4O. The molecule has 0 aliphatic rings. The number of benzene rings is 2. The molecule has 1 unspecified atom stereocenters. The van der Waals surface area contributed by atoms with E-state index in [1.165, 1.54) is 17.9 Å². The average Bonchev–Trinajstić information content (AvgIpc) is 3.06. The summed E-state index contributed by atoms with van der Waals surface area (Å²) in [6.07, 6.45) is -4.00. The van der Waals surface area contributed by atoms with Crippen LogP contribution in [0.5, 0.6) is 0 Å². The highest BCUT2D eigenvalue weighted by atomic mass is 19.4. The maximum absolute atomic E-state index is 13.1. The molecule has 8 heteroatoms. The maximum atomic E-state index is 13.1. The zero-order valence-electron chi connectivity index (χ0n) is 15.5. The van der Waals surface area contributed by atoms with Crippen LogP contribution in [0.25, 0.3) is 11.0 Å². The van der Waals surface area contributed by atoms with Crippen LogP contribution in [0.2, 0.25) is 0 Å².